The third-order valence-electron chi connectivity index (χ3n) is 9.94. The summed E-state index contributed by atoms with van der Waals surface area (Å²) in [7, 11) is 0. The first-order chi connectivity index (χ1) is 22.5. The number of hydrogen-bond acceptors (Lipinski definition) is 0. The number of fused-ring (bicyclic) bond motifs is 2. The Balaban J connectivity index is 1.26. The van der Waals surface area contributed by atoms with Gasteiger partial charge in [0.1, 0.15) is 0 Å². The second-order valence-electron chi connectivity index (χ2n) is 12.7. The molecule has 0 fully saturated rings. The van der Waals surface area contributed by atoms with Crippen LogP contribution in [-0.4, -0.2) is 6.71 Å². The average Bonchev–Trinajstić information content (AvgIpc) is 3.09. The molecule has 8 rings (SSSR count). The van der Waals surface area contributed by atoms with E-state index in [0.29, 0.717) is 0 Å². The van der Waals surface area contributed by atoms with Gasteiger partial charge in [-0.25, -0.2) is 0 Å². The third kappa shape index (κ3) is 4.54. The summed E-state index contributed by atoms with van der Waals surface area (Å²) >= 11 is 0. The second-order valence-corrected chi connectivity index (χ2v) is 12.7. The zero-order valence-corrected chi connectivity index (χ0v) is 26.6. The molecule has 8 aromatic rings. The van der Waals surface area contributed by atoms with E-state index in [9.17, 15) is 0 Å². The molecular weight excluding hydrogens is 551 g/mol. The number of benzene rings is 8. The summed E-state index contributed by atoms with van der Waals surface area (Å²) in [5, 5.41) is 12.9. The summed E-state index contributed by atoms with van der Waals surface area (Å²) < 4.78 is 0. The van der Waals surface area contributed by atoms with Crippen LogP contribution in [0.25, 0.3) is 59.4 Å². The van der Waals surface area contributed by atoms with E-state index in [1.54, 1.807) is 0 Å². The quantitative estimate of drug-likeness (QED) is 0.103. The summed E-state index contributed by atoms with van der Waals surface area (Å²) in [6, 6.07) is 46.7. The van der Waals surface area contributed by atoms with Gasteiger partial charge in [0.05, 0.1) is 0 Å². The van der Waals surface area contributed by atoms with Gasteiger partial charge >= 0.3 is 0 Å². The Labute approximate surface area is 271 Å². The predicted octanol–water partition coefficient (Wildman–Crippen LogP) is 10.9. The van der Waals surface area contributed by atoms with Gasteiger partial charge in [-0.3, -0.25) is 0 Å². The zero-order chi connectivity index (χ0) is 31.4. The molecule has 0 aliphatic rings. The number of aryl methyl sites for hydroxylation is 2. The fourth-order valence-electron chi connectivity index (χ4n) is 7.69. The zero-order valence-electron chi connectivity index (χ0n) is 26.6. The summed E-state index contributed by atoms with van der Waals surface area (Å²) in [6.07, 6.45) is 6.68. The third-order valence-corrected chi connectivity index (χ3v) is 9.94. The van der Waals surface area contributed by atoms with Crippen molar-refractivity contribution in [2.75, 3.05) is 0 Å². The van der Waals surface area contributed by atoms with Crippen LogP contribution in [0.2, 0.25) is 0 Å². The highest BCUT2D eigenvalue weighted by Gasteiger charge is 2.28. The molecule has 0 heterocycles. The Morgan fingerprint density at radius 1 is 0.522 bits per heavy atom. The summed E-state index contributed by atoms with van der Waals surface area (Å²) in [5.41, 5.74) is 8.88. The molecule has 0 aromatic heterocycles. The molecule has 0 N–H and O–H groups in total. The van der Waals surface area contributed by atoms with E-state index in [1.807, 2.05) is 0 Å². The topological polar surface area (TPSA) is 0 Å². The van der Waals surface area contributed by atoms with Crippen molar-refractivity contribution >= 4 is 77.1 Å². The highest BCUT2D eigenvalue weighted by molar-refractivity contribution is 6.94. The lowest BCUT2D eigenvalue weighted by molar-refractivity contribution is 1.50. The molecule has 0 radical (unpaired) electrons. The highest BCUT2D eigenvalue weighted by atomic mass is 14.2. The lowest BCUT2D eigenvalue weighted by Crippen LogP contribution is -2.47. The van der Waals surface area contributed by atoms with Crippen molar-refractivity contribution in [3.05, 3.63) is 174 Å². The van der Waals surface area contributed by atoms with Gasteiger partial charge in [0.2, 0.25) is 6.71 Å². The first-order valence-electron chi connectivity index (χ1n) is 16.2. The highest BCUT2D eigenvalue weighted by Crippen LogP contribution is 2.37. The van der Waals surface area contributed by atoms with Crippen molar-refractivity contribution in [3.63, 3.8) is 0 Å². The van der Waals surface area contributed by atoms with E-state index in [4.69, 9.17) is 0 Å². The fourth-order valence-corrected chi connectivity index (χ4v) is 7.69. The Hall–Kier alpha value is -5.40. The van der Waals surface area contributed by atoms with E-state index in [0.717, 1.165) is 5.57 Å². The molecule has 0 aliphatic carbocycles. The normalized spacial score (nSPS) is 12.4. The molecule has 0 spiro atoms. The van der Waals surface area contributed by atoms with Crippen LogP contribution in [0.5, 0.6) is 0 Å². The lowest BCUT2D eigenvalue weighted by atomic mass is 9.34. The Morgan fingerprint density at radius 3 is 1.65 bits per heavy atom. The van der Waals surface area contributed by atoms with Crippen LogP contribution in [0, 0.1) is 13.8 Å². The largest absolute Gasteiger partial charge is 0.239 e. The smallest absolute Gasteiger partial charge is 0.0938 e. The standard InChI is InChI=1S/C45H35B/c1-29(38-27-25-37-24-23-35-15-10-16-36-26-28-41(38)43(37)42(35)36)11-9-12-32(4)46(44-30(2)19-21-33-13-5-7-17-39(33)44)45-31(3)20-22-34-14-6-8-18-40(34)45/h5-28H,1H2,2-4H3/b11-9-,32-12+. The molecule has 0 nitrogen and oxygen atoms in total. The molecule has 46 heavy (non-hydrogen) atoms. The summed E-state index contributed by atoms with van der Waals surface area (Å²) in [4.78, 5) is 0. The lowest BCUT2D eigenvalue weighted by Gasteiger charge is -2.24. The minimum Gasteiger partial charge on any atom is -0.0938 e. The molecule has 8 aromatic carbocycles. The predicted molar refractivity (Wildman–Crippen MR) is 204 cm³/mol. The van der Waals surface area contributed by atoms with E-state index in [2.05, 4.69) is 173 Å². The van der Waals surface area contributed by atoms with Crippen LogP contribution in [0.3, 0.4) is 0 Å². The van der Waals surface area contributed by atoms with Crippen LogP contribution >= 0.6 is 0 Å². The molecule has 0 saturated heterocycles. The van der Waals surface area contributed by atoms with Gasteiger partial charge in [-0.2, -0.15) is 0 Å². The van der Waals surface area contributed by atoms with E-state index in [-0.39, 0.29) is 6.71 Å². The molecule has 0 bridgehead atoms. The second kappa shape index (κ2) is 11.2. The maximum Gasteiger partial charge on any atom is 0.239 e. The summed E-state index contributed by atoms with van der Waals surface area (Å²) in [5.74, 6) is 0. The first-order valence-corrected chi connectivity index (χ1v) is 16.2. The van der Waals surface area contributed by atoms with Crippen molar-refractivity contribution in [1.82, 2.24) is 0 Å². The van der Waals surface area contributed by atoms with Crippen LogP contribution in [0.15, 0.2) is 158 Å². The van der Waals surface area contributed by atoms with E-state index < -0.39 is 0 Å². The van der Waals surface area contributed by atoms with Gasteiger partial charge in [0, 0.05) is 0 Å². The van der Waals surface area contributed by atoms with Gasteiger partial charge in [0.25, 0.3) is 0 Å². The molecule has 0 saturated carbocycles. The molecular formula is C45H35B. The SMILES string of the molecule is C=C(/C=C\C=C(/C)B(c1c(C)ccc2ccccc12)c1c(C)ccc2ccccc12)c1ccc2ccc3cccc4ccc1c2c34. The fraction of sp³-hybridized carbons (Fsp3) is 0.0667. The molecule has 0 unspecified atom stereocenters. The minimum absolute atomic E-state index is 0.102. The monoisotopic (exact) mass is 586 g/mol. The number of allylic oxidation sites excluding steroid dienone is 5. The molecule has 218 valence electrons. The van der Waals surface area contributed by atoms with E-state index >= 15 is 0 Å². The molecule has 0 amide bonds. The van der Waals surface area contributed by atoms with Crippen molar-refractivity contribution in [2.24, 2.45) is 0 Å². The van der Waals surface area contributed by atoms with Gasteiger partial charge in [-0.15, -0.1) is 0 Å². The van der Waals surface area contributed by atoms with Crippen LogP contribution in [0.1, 0.15) is 23.6 Å². The molecule has 0 atom stereocenters. The van der Waals surface area contributed by atoms with Crippen molar-refractivity contribution < 1.29 is 0 Å². The Bertz CT molecular complexity index is 2430. The Morgan fingerprint density at radius 2 is 1.02 bits per heavy atom. The van der Waals surface area contributed by atoms with Crippen molar-refractivity contribution in [2.45, 2.75) is 20.8 Å². The molecule has 0 aliphatic heterocycles. The van der Waals surface area contributed by atoms with Crippen molar-refractivity contribution in [3.8, 4) is 0 Å². The summed E-state index contributed by atoms with van der Waals surface area (Å²) in [6.45, 7) is 11.5. The van der Waals surface area contributed by atoms with Gasteiger partial charge in [-0.05, 0) is 78.8 Å². The first kappa shape index (κ1) is 28.1. The molecule has 1 heteroatoms. The van der Waals surface area contributed by atoms with E-state index in [1.165, 1.54) is 87.0 Å². The Kier molecular flexibility index (Phi) is 6.84. The maximum absolute atomic E-state index is 4.56. The number of hydrogen-bond donors (Lipinski definition) is 0. The average molecular weight is 587 g/mol. The number of rotatable bonds is 6. The van der Waals surface area contributed by atoms with Gasteiger partial charge in [0.15, 0.2) is 0 Å². The maximum atomic E-state index is 4.56. The minimum atomic E-state index is 0.102. The van der Waals surface area contributed by atoms with Crippen LogP contribution in [0.4, 0.5) is 0 Å². The van der Waals surface area contributed by atoms with Gasteiger partial charge in [-0.1, -0.05) is 187 Å². The van der Waals surface area contributed by atoms with Crippen molar-refractivity contribution in [1.29, 1.82) is 0 Å². The van der Waals surface area contributed by atoms with Crippen LogP contribution in [-0.2, 0) is 0 Å². The van der Waals surface area contributed by atoms with Gasteiger partial charge < -0.3 is 0 Å². The van der Waals surface area contributed by atoms with Crippen LogP contribution < -0.4 is 10.9 Å².